The second-order valence-electron chi connectivity index (χ2n) is 7.13. The van der Waals surface area contributed by atoms with Crippen molar-refractivity contribution >= 4 is 10.1 Å². The van der Waals surface area contributed by atoms with Crippen LogP contribution in [0.5, 0.6) is 0 Å². The minimum atomic E-state index is -3.33. The number of nitrogens with one attached hydrogen (secondary N) is 1. The molecule has 0 spiro atoms. The molecular weight excluding hydrogens is 346 g/mol. The number of hydrogen-bond acceptors (Lipinski definition) is 4. The number of rotatable bonds is 20. The highest BCUT2D eigenvalue weighted by Crippen LogP contribution is 2.10. The number of unbranched alkanes of at least 4 members (excludes halogenated alkanes) is 12. The smallest absolute Gasteiger partial charge is 0.268 e. The summed E-state index contributed by atoms with van der Waals surface area (Å²) in [5, 5.41) is 2.82. The average Bonchev–Trinajstić information content (AvgIpc) is 2.62. The molecule has 0 aromatic carbocycles. The fraction of sp³-hybridized carbons (Fsp3) is 0.905. The van der Waals surface area contributed by atoms with Crippen molar-refractivity contribution in [2.45, 2.75) is 96.8 Å². The minimum absolute atomic E-state index is 0.0515. The molecule has 0 amide bonds. The molecule has 156 valence electrons. The van der Waals surface area contributed by atoms with Crippen LogP contribution in [-0.2, 0) is 14.3 Å². The van der Waals surface area contributed by atoms with E-state index < -0.39 is 10.1 Å². The average molecular weight is 390 g/mol. The van der Waals surface area contributed by atoms with Crippen LogP contribution in [-0.4, -0.2) is 34.4 Å². The van der Waals surface area contributed by atoms with E-state index in [9.17, 15) is 8.42 Å². The molecule has 0 heterocycles. The summed E-state index contributed by atoms with van der Waals surface area (Å²) in [5.74, 6) is 0.0515. The fourth-order valence-electron chi connectivity index (χ4n) is 2.82. The molecule has 0 aliphatic heterocycles. The molecule has 0 radical (unpaired) electrons. The Morgan fingerprint density at radius 2 is 1.27 bits per heavy atom. The number of allylic oxidation sites excluding steroid dienone is 2. The third kappa shape index (κ3) is 19.9. The first kappa shape index (κ1) is 25.6. The van der Waals surface area contributed by atoms with Crippen LogP contribution < -0.4 is 5.32 Å². The van der Waals surface area contributed by atoms with E-state index in [1.54, 1.807) is 7.05 Å². The van der Waals surface area contributed by atoms with Gasteiger partial charge in [0.1, 0.15) is 0 Å². The standard InChI is InChI=1S/C21H43NO3S/c1-3-4-5-6-7-8-9-10-11-12-13-14-15-16-17-18-20-25-26(23,24)21-19-22-2/h10-11,22H,3-9,12-21H2,1-2H3/b11-10-. The molecule has 4 nitrogen and oxygen atoms in total. The Morgan fingerprint density at radius 3 is 1.81 bits per heavy atom. The van der Waals surface area contributed by atoms with Crippen LogP contribution in [0, 0.1) is 0 Å². The molecule has 0 saturated carbocycles. The van der Waals surface area contributed by atoms with Gasteiger partial charge < -0.3 is 5.32 Å². The van der Waals surface area contributed by atoms with Crippen molar-refractivity contribution in [3.8, 4) is 0 Å². The van der Waals surface area contributed by atoms with E-state index in [2.05, 4.69) is 24.4 Å². The Bertz CT molecular complexity index is 407. The third-order valence-electron chi connectivity index (χ3n) is 4.52. The largest absolute Gasteiger partial charge is 0.319 e. The maximum absolute atomic E-state index is 11.5. The zero-order valence-corrected chi connectivity index (χ0v) is 18.1. The summed E-state index contributed by atoms with van der Waals surface area (Å²) in [7, 11) is -1.60. The van der Waals surface area contributed by atoms with Crippen LogP contribution in [0.4, 0.5) is 0 Å². The van der Waals surface area contributed by atoms with Gasteiger partial charge in [-0.1, -0.05) is 76.9 Å². The maximum Gasteiger partial charge on any atom is 0.268 e. The second-order valence-corrected chi connectivity index (χ2v) is 8.88. The van der Waals surface area contributed by atoms with Crippen LogP contribution >= 0.6 is 0 Å². The zero-order chi connectivity index (χ0) is 19.3. The summed E-state index contributed by atoms with van der Waals surface area (Å²) in [5.41, 5.74) is 0. The predicted octanol–water partition coefficient (Wildman–Crippen LogP) is 5.59. The molecule has 0 rings (SSSR count). The van der Waals surface area contributed by atoms with Crippen molar-refractivity contribution in [3.63, 3.8) is 0 Å². The van der Waals surface area contributed by atoms with Crippen LogP contribution in [0.3, 0.4) is 0 Å². The van der Waals surface area contributed by atoms with Gasteiger partial charge in [-0.2, -0.15) is 8.42 Å². The summed E-state index contributed by atoms with van der Waals surface area (Å²) < 4.78 is 27.9. The van der Waals surface area contributed by atoms with Gasteiger partial charge in [0.25, 0.3) is 10.1 Å². The van der Waals surface area contributed by atoms with E-state index in [0.29, 0.717) is 13.2 Å². The Morgan fingerprint density at radius 1 is 0.769 bits per heavy atom. The molecule has 0 atom stereocenters. The van der Waals surface area contributed by atoms with E-state index >= 15 is 0 Å². The monoisotopic (exact) mass is 389 g/mol. The van der Waals surface area contributed by atoms with E-state index in [4.69, 9.17) is 4.18 Å². The Hall–Kier alpha value is -0.390. The first-order chi connectivity index (χ1) is 12.6. The minimum Gasteiger partial charge on any atom is -0.319 e. The topological polar surface area (TPSA) is 55.4 Å². The summed E-state index contributed by atoms with van der Waals surface area (Å²) in [6, 6.07) is 0. The second kappa shape index (κ2) is 19.4. The van der Waals surface area contributed by atoms with Gasteiger partial charge in [-0.05, 0) is 39.2 Å². The van der Waals surface area contributed by atoms with Crippen molar-refractivity contribution in [1.82, 2.24) is 5.32 Å². The van der Waals surface area contributed by atoms with E-state index in [0.717, 1.165) is 12.8 Å². The van der Waals surface area contributed by atoms with Crippen molar-refractivity contribution in [2.75, 3.05) is 26.0 Å². The molecule has 0 aliphatic rings. The highest BCUT2D eigenvalue weighted by Gasteiger charge is 2.09. The van der Waals surface area contributed by atoms with E-state index in [1.807, 2.05) is 0 Å². The van der Waals surface area contributed by atoms with Crippen molar-refractivity contribution in [2.24, 2.45) is 0 Å². The lowest BCUT2D eigenvalue weighted by atomic mass is 10.1. The zero-order valence-electron chi connectivity index (χ0n) is 17.3. The number of hydrogen-bond donors (Lipinski definition) is 1. The molecule has 5 heteroatoms. The molecule has 0 aromatic heterocycles. The molecule has 1 N–H and O–H groups in total. The molecular formula is C21H43NO3S. The molecule has 0 unspecified atom stereocenters. The van der Waals surface area contributed by atoms with Gasteiger partial charge in [0.05, 0.1) is 12.4 Å². The maximum atomic E-state index is 11.5. The summed E-state index contributed by atoms with van der Waals surface area (Å²) in [4.78, 5) is 0. The first-order valence-electron chi connectivity index (χ1n) is 10.8. The normalized spacial score (nSPS) is 12.2. The van der Waals surface area contributed by atoms with Crippen LogP contribution in [0.25, 0.3) is 0 Å². The Labute approximate surface area is 163 Å². The van der Waals surface area contributed by atoms with Gasteiger partial charge in [0.2, 0.25) is 0 Å². The predicted molar refractivity (Wildman–Crippen MR) is 113 cm³/mol. The quantitative estimate of drug-likeness (QED) is 0.167. The van der Waals surface area contributed by atoms with E-state index in [1.165, 1.54) is 77.0 Å². The molecule has 0 aromatic rings. The third-order valence-corrected chi connectivity index (χ3v) is 5.75. The summed E-state index contributed by atoms with van der Waals surface area (Å²) in [6.07, 6.45) is 22.2. The lowest BCUT2D eigenvalue weighted by Crippen LogP contribution is -2.21. The Kier molecular flexibility index (Phi) is 19.1. The van der Waals surface area contributed by atoms with Crippen LogP contribution in [0.1, 0.15) is 96.8 Å². The summed E-state index contributed by atoms with van der Waals surface area (Å²) in [6.45, 7) is 3.03. The van der Waals surface area contributed by atoms with Gasteiger partial charge in [-0.3, -0.25) is 4.18 Å². The van der Waals surface area contributed by atoms with Crippen molar-refractivity contribution < 1.29 is 12.6 Å². The molecule has 0 fully saturated rings. The van der Waals surface area contributed by atoms with Crippen LogP contribution in [0.15, 0.2) is 12.2 Å². The van der Waals surface area contributed by atoms with Crippen LogP contribution in [0.2, 0.25) is 0 Å². The van der Waals surface area contributed by atoms with E-state index in [-0.39, 0.29) is 5.75 Å². The molecule has 0 saturated heterocycles. The van der Waals surface area contributed by atoms with Crippen molar-refractivity contribution in [1.29, 1.82) is 0 Å². The lowest BCUT2D eigenvalue weighted by Gasteiger charge is -2.05. The van der Waals surface area contributed by atoms with Gasteiger partial charge in [-0.15, -0.1) is 0 Å². The molecule has 26 heavy (non-hydrogen) atoms. The lowest BCUT2D eigenvalue weighted by molar-refractivity contribution is 0.306. The molecule has 0 bridgehead atoms. The highest BCUT2D eigenvalue weighted by molar-refractivity contribution is 7.86. The SMILES string of the molecule is CCCCCCCC/C=C\CCCCCCCCOS(=O)(=O)CCNC. The first-order valence-corrected chi connectivity index (χ1v) is 12.4. The molecule has 0 aliphatic carbocycles. The summed E-state index contributed by atoms with van der Waals surface area (Å²) >= 11 is 0. The van der Waals surface area contributed by atoms with Gasteiger partial charge in [0.15, 0.2) is 0 Å². The van der Waals surface area contributed by atoms with Gasteiger partial charge in [-0.25, -0.2) is 0 Å². The fourth-order valence-corrected chi connectivity index (χ4v) is 3.77. The highest BCUT2D eigenvalue weighted by atomic mass is 32.2. The van der Waals surface area contributed by atoms with Gasteiger partial charge in [0, 0.05) is 6.54 Å². The Balaban J connectivity index is 3.25. The van der Waals surface area contributed by atoms with Crippen molar-refractivity contribution in [3.05, 3.63) is 12.2 Å². The van der Waals surface area contributed by atoms with Gasteiger partial charge >= 0.3 is 0 Å².